The van der Waals surface area contributed by atoms with Gasteiger partial charge < -0.3 is 10.2 Å². The second kappa shape index (κ2) is 4.14. The number of hydrogen-bond acceptors (Lipinski definition) is 4. The number of sulfonamides is 1. The molecule has 1 aliphatic heterocycles. The van der Waals surface area contributed by atoms with E-state index in [0.717, 1.165) is 4.31 Å². The first-order valence-corrected chi connectivity index (χ1v) is 6.39. The molecule has 0 unspecified atom stereocenters. The summed E-state index contributed by atoms with van der Waals surface area (Å²) in [4.78, 5) is 0.127. The van der Waals surface area contributed by atoms with Crippen LogP contribution in [0.15, 0.2) is 29.2 Å². The summed E-state index contributed by atoms with van der Waals surface area (Å²) in [6, 6.07) is 6.39. The predicted molar refractivity (Wildman–Crippen MR) is 57.2 cm³/mol. The van der Waals surface area contributed by atoms with Crippen LogP contribution in [0, 0.1) is 0 Å². The van der Waals surface area contributed by atoms with Crippen LogP contribution in [0.1, 0.15) is 11.7 Å². The van der Waals surface area contributed by atoms with E-state index in [4.69, 9.17) is 5.11 Å². The SMILES string of the molecule is O=S1(=O)c2ccccc2[C@@H](O)CN1CCO. The lowest BCUT2D eigenvalue weighted by Gasteiger charge is -2.30. The topological polar surface area (TPSA) is 77.8 Å². The number of nitrogens with zero attached hydrogens (tertiary/aromatic N) is 1. The number of fused-ring (bicyclic) bond motifs is 1. The summed E-state index contributed by atoms with van der Waals surface area (Å²) in [5.74, 6) is 0. The molecule has 1 aromatic rings. The predicted octanol–water partition coefficient (Wildman–Crippen LogP) is -0.283. The Hall–Kier alpha value is -0.950. The van der Waals surface area contributed by atoms with E-state index in [2.05, 4.69) is 0 Å². The van der Waals surface area contributed by atoms with Crippen LogP contribution in [-0.4, -0.2) is 42.6 Å². The second-order valence-electron chi connectivity index (χ2n) is 3.64. The fourth-order valence-corrected chi connectivity index (χ4v) is 3.53. The summed E-state index contributed by atoms with van der Waals surface area (Å²) >= 11 is 0. The molecule has 1 heterocycles. The summed E-state index contributed by atoms with van der Waals surface area (Å²) in [6.07, 6.45) is -0.828. The minimum absolute atomic E-state index is 0.0000926. The van der Waals surface area contributed by atoms with Gasteiger partial charge in [-0.1, -0.05) is 18.2 Å². The molecule has 0 aromatic heterocycles. The van der Waals surface area contributed by atoms with Gasteiger partial charge >= 0.3 is 0 Å². The minimum atomic E-state index is -3.56. The summed E-state index contributed by atoms with van der Waals surface area (Å²) < 4.78 is 25.2. The van der Waals surface area contributed by atoms with Gasteiger partial charge in [-0.2, -0.15) is 4.31 Å². The molecule has 1 aromatic carbocycles. The quantitative estimate of drug-likeness (QED) is 0.748. The third kappa shape index (κ3) is 1.73. The Morgan fingerprint density at radius 1 is 1.38 bits per heavy atom. The molecule has 5 nitrogen and oxygen atoms in total. The highest BCUT2D eigenvalue weighted by atomic mass is 32.2. The fraction of sp³-hybridized carbons (Fsp3) is 0.400. The molecule has 1 atom stereocenters. The normalized spacial score (nSPS) is 24.0. The van der Waals surface area contributed by atoms with Gasteiger partial charge in [-0.3, -0.25) is 0 Å². The first kappa shape index (κ1) is 11.5. The molecule has 0 saturated carbocycles. The third-order valence-corrected chi connectivity index (χ3v) is 4.56. The largest absolute Gasteiger partial charge is 0.395 e. The van der Waals surface area contributed by atoms with Crippen molar-refractivity contribution in [3.05, 3.63) is 29.8 Å². The smallest absolute Gasteiger partial charge is 0.243 e. The molecule has 88 valence electrons. The molecule has 0 spiro atoms. The molecule has 2 N–H and O–H groups in total. The van der Waals surface area contributed by atoms with Gasteiger partial charge in [-0.25, -0.2) is 8.42 Å². The lowest BCUT2D eigenvalue weighted by molar-refractivity contribution is 0.129. The molecular formula is C10H13NO4S. The maximum Gasteiger partial charge on any atom is 0.243 e. The van der Waals surface area contributed by atoms with Crippen LogP contribution in [0.5, 0.6) is 0 Å². The molecule has 0 amide bonds. The van der Waals surface area contributed by atoms with E-state index in [1.807, 2.05) is 0 Å². The van der Waals surface area contributed by atoms with Crippen molar-refractivity contribution in [3.63, 3.8) is 0 Å². The van der Waals surface area contributed by atoms with E-state index >= 15 is 0 Å². The van der Waals surface area contributed by atoms with Gasteiger partial charge in [0.25, 0.3) is 0 Å². The van der Waals surface area contributed by atoms with Crippen LogP contribution in [0.3, 0.4) is 0 Å². The molecule has 1 aliphatic rings. The lowest BCUT2D eigenvalue weighted by Crippen LogP contribution is -2.41. The number of rotatable bonds is 2. The second-order valence-corrected chi connectivity index (χ2v) is 5.55. The third-order valence-electron chi connectivity index (χ3n) is 2.62. The van der Waals surface area contributed by atoms with Crippen LogP contribution in [-0.2, 0) is 10.0 Å². The number of benzene rings is 1. The van der Waals surface area contributed by atoms with Gasteiger partial charge in [-0.05, 0) is 6.07 Å². The van der Waals surface area contributed by atoms with Crippen LogP contribution in [0.2, 0.25) is 0 Å². The molecule has 0 bridgehead atoms. The Kier molecular flexibility index (Phi) is 2.98. The number of aliphatic hydroxyl groups is 2. The molecule has 2 rings (SSSR count). The zero-order chi connectivity index (χ0) is 11.8. The van der Waals surface area contributed by atoms with Gasteiger partial charge in [0.15, 0.2) is 0 Å². The van der Waals surface area contributed by atoms with Gasteiger partial charge in [0.1, 0.15) is 0 Å². The van der Waals surface area contributed by atoms with E-state index in [9.17, 15) is 13.5 Å². The molecule has 0 fully saturated rings. The fourth-order valence-electron chi connectivity index (χ4n) is 1.84. The molecular weight excluding hydrogens is 230 g/mol. The van der Waals surface area contributed by atoms with Crippen LogP contribution in [0.25, 0.3) is 0 Å². The molecule has 16 heavy (non-hydrogen) atoms. The first-order chi connectivity index (χ1) is 7.57. The standard InChI is InChI=1S/C10H13NO4S/c12-6-5-11-7-9(13)8-3-1-2-4-10(8)16(11,14)15/h1-4,9,12-13H,5-7H2/t9-/m0/s1. The van der Waals surface area contributed by atoms with Gasteiger partial charge in [0.05, 0.1) is 17.6 Å². The Morgan fingerprint density at radius 2 is 2.06 bits per heavy atom. The maximum atomic E-state index is 12.0. The average Bonchev–Trinajstić information content (AvgIpc) is 2.27. The minimum Gasteiger partial charge on any atom is -0.395 e. The van der Waals surface area contributed by atoms with Crippen molar-refractivity contribution in [2.24, 2.45) is 0 Å². The van der Waals surface area contributed by atoms with E-state index in [-0.39, 0.29) is 24.6 Å². The Morgan fingerprint density at radius 3 is 2.75 bits per heavy atom. The average molecular weight is 243 g/mol. The number of β-amino-alcohol motifs (C(OH)–C–C–N with tert-alkyl or cyclic N) is 2. The highest BCUT2D eigenvalue weighted by molar-refractivity contribution is 7.89. The van der Waals surface area contributed by atoms with Crippen molar-refractivity contribution >= 4 is 10.0 Å². The van der Waals surface area contributed by atoms with E-state index in [1.165, 1.54) is 6.07 Å². The van der Waals surface area contributed by atoms with E-state index < -0.39 is 16.1 Å². The zero-order valence-corrected chi connectivity index (χ0v) is 9.39. The molecule has 0 radical (unpaired) electrons. The van der Waals surface area contributed by atoms with Crippen molar-refractivity contribution in [2.45, 2.75) is 11.0 Å². The maximum absolute atomic E-state index is 12.0. The van der Waals surface area contributed by atoms with E-state index in [1.54, 1.807) is 18.2 Å². The van der Waals surface area contributed by atoms with Gasteiger partial charge in [-0.15, -0.1) is 0 Å². The summed E-state index contributed by atoms with van der Waals surface area (Å²) in [7, 11) is -3.56. The van der Waals surface area contributed by atoms with Crippen LogP contribution >= 0.6 is 0 Å². The Bertz CT molecular complexity index is 485. The molecule has 0 saturated heterocycles. The van der Waals surface area contributed by atoms with Gasteiger partial charge in [0, 0.05) is 18.7 Å². The van der Waals surface area contributed by atoms with Crippen molar-refractivity contribution in [1.29, 1.82) is 0 Å². The van der Waals surface area contributed by atoms with Crippen molar-refractivity contribution in [2.75, 3.05) is 19.7 Å². The van der Waals surface area contributed by atoms with Crippen molar-refractivity contribution in [3.8, 4) is 0 Å². The Balaban J connectivity index is 2.52. The number of aliphatic hydroxyl groups excluding tert-OH is 2. The summed E-state index contributed by atoms with van der Waals surface area (Å²) in [6.45, 7) is -0.248. The zero-order valence-electron chi connectivity index (χ0n) is 8.57. The summed E-state index contributed by atoms with van der Waals surface area (Å²) in [5.41, 5.74) is 0.427. The lowest BCUT2D eigenvalue weighted by atomic mass is 10.1. The Labute approximate surface area is 94.0 Å². The van der Waals surface area contributed by atoms with E-state index in [0.29, 0.717) is 5.56 Å². The summed E-state index contributed by atoms with van der Waals surface area (Å²) in [5, 5.41) is 18.6. The van der Waals surface area contributed by atoms with Crippen molar-refractivity contribution < 1.29 is 18.6 Å². The van der Waals surface area contributed by atoms with Crippen molar-refractivity contribution in [1.82, 2.24) is 4.31 Å². The monoisotopic (exact) mass is 243 g/mol. The molecule has 0 aliphatic carbocycles. The van der Waals surface area contributed by atoms with Gasteiger partial charge in [0.2, 0.25) is 10.0 Å². The molecule has 6 heteroatoms. The highest BCUT2D eigenvalue weighted by Gasteiger charge is 2.35. The first-order valence-electron chi connectivity index (χ1n) is 4.95. The van der Waals surface area contributed by atoms with Crippen LogP contribution < -0.4 is 0 Å². The number of hydrogen-bond donors (Lipinski definition) is 2. The van der Waals surface area contributed by atoms with Crippen LogP contribution in [0.4, 0.5) is 0 Å². The highest BCUT2D eigenvalue weighted by Crippen LogP contribution is 2.31.